The van der Waals surface area contributed by atoms with Crippen molar-refractivity contribution in [1.29, 1.82) is 0 Å². The van der Waals surface area contributed by atoms with Crippen LogP contribution in [-0.4, -0.2) is 28.4 Å². The molecule has 1 amide bonds. The second-order valence-electron chi connectivity index (χ2n) is 6.86. The summed E-state index contributed by atoms with van der Waals surface area (Å²) in [5.74, 6) is 0.399. The van der Waals surface area contributed by atoms with Gasteiger partial charge in [-0.25, -0.2) is 9.37 Å². The Morgan fingerprint density at radius 1 is 1.20 bits per heavy atom. The molecule has 1 aromatic heterocycles. The van der Waals surface area contributed by atoms with E-state index in [1.807, 2.05) is 13.8 Å². The van der Waals surface area contributed by atoms with Crippen LogP contribution in [0.1, 0.15) is 49.6 Å². The second kappa shape index (κ2) is 8.76. The average Bonchev–Trinajstić information content (AvgIpc) is 3.02. The van der Waals surface area contributed by atoms with Crippen molar-refractivity contribution in [3.05, 3.63) is 53.5 Å². The van der Waals surface area contributed by atoms with Crippen LogP contribution in [0.3, 0.4) is 0 Å². The van der Waals surface area contributed by atoms with Gasteiger partial charge in [0.15, 0.2) is 5.69 Å². The van der Waals surface area contributed by atoms with Gasteiger partial charge >= 0.3 is 0 Å². The Balaban J connectivity index is 2.00. The number of nitrogens with zero attached hydrogens (tertiary/aromatic N) is 2. The van der Waals surface area contributed by atoms with Gasteiger partial charge in [-0.1, -0.05) is 26.0 Å². The molecule has 0 spiro atoms. The summed E-state index contributed by atoms with van der Waals surface area (Å²) in [4.78, 5) is 18.5. The van der Waals surface area contributed by atoms with E-state index in [-0.39, 0.29) is 17.8 Å². The SMILES string of the molecule is CC(C)CNC(=O)c1coc(CN(Cc2ccc(F)cc2)C(C)C)n1. The molecule has 0 saturated carbocycles. The van der Waals surface area contributed by atoms with Crippen LogP contribution in [0.4, 0.5) is 4.39 Å². The highest BCUT2D eigenvalue weighted by Crippen LogP contribution is 2.14. The maximum absolute atomic E-state index is 13.0. The van der Waals surface area contributed by atoms with Crippen LogP contribution in [0.15, 0.2) is 34.9 Å². The standard InChI is InChI=1S/C19H26FN3O2/c1-13(2)9-21-19(24)17-12-25-18(22-17)11-23(14(3)4)10-15-5-7-16(20)8-6-15/h5-8,12-14H,9-11H2,1-4H3,(H,21,24). The van der Waals surface area contributed by atoms with Crippen LogP contribution in [0.2, 0.25) is 0 Å². The summed E-state index contributed by atoms with van der Waals surface area (Å²) in [6.07, 6.45) is 1.39. The lowest BCUT2D eigenvalue weighted by molar-refractivity contribution is 0.0944. The normalized spacial score (nSPS) is 11.5. The van der Waals surface area contributed by atoms with E-state index in [0.29, 0.717) is 37.1 Å². The van der Waals surface area contributed by atoms with Crippen molar-refractivity contribution in [3.63, 3.8) is 0 Å². The van der Waals surface area contributed by atoms with Gasteiger partial charge in [0.25, 0.3) is 5.91 Å². The van der Waals surface area contributed by atoms with E-state index in [2.05, 4.69) is 29.0 Å². The fraction of sp³-hybridized carbons (Fsp3) is 0.474. The van der Waals surface area contributed by atoms with E-state index >= 15 is 0 Å². The minimum absolute atomic E-state index is 0.224. The third kappa shape index (κ3) is 5.98. The lowest BCUT2D eigenvalue weighted by Crippen LogP contribution is -2.30. The summed E-state index contributed by atoms with van der Waals surface area (Å²) in [5.41, 5.74) is 1.30. The predicted molar refractivity (Wildman–Crippen MR) is 94.5 cm³/mol. The summed E-state index contributed by atoms with van der Waals surface area (Å²) >= 11 is 0. The van der Waals surface area contributed by atoms with Crippen molar-refractivity contribution in [2.75, 3.05) is 6.54 Å². The lowest BCUT2D eigenvalue weighted by atomic mass is 10.2. The molecular weight excluding hydrogens is 321 g/mol. The summed E-state index contributed by atoms with van der Waals surface area (Å²) in [6, 6.07) is 6.69. The Morgan fingerprint density at radius 3 is 2.48 bits per heavy atom. The highest BCUT2D eigenvalue weighted by Gasteiger charge is 2.17. The van der Waals surface area contributed by atoms with Gasteiger partial charge in [0, 0.05) is 19.1 Å². The Labute approximate surface area is 148 Å². The molecule has 0 atom stereocenters. The molecular formula is C19H26FN3O2. The molecule has 0 saturated heterocycles. The Kier molecular flexibility index (Phi) is 6.70. The fourth-order valence-corrected chi connectivity index (χ4v) is 2.29. The van der Waals surface area contributed by atoms with E-state index in [0.717, 1.165) is 5.56 Å². The number of carbonyl (C=O) groups excluding carboxylic acids is 1. The first-order chi connectivity index (χ1) is 11.8. The summed E-state index contributed by atoms with van der Waals surface area (Å²) in [5, 5.41) is 2.82. The molecule has 0 aliphatic carbocycles. The number of aromatic nitrogens is 1. The first-order valence-electron chi connectivity index (χ1n) is 8.56. The fourth-order valence-electron chi connectivity index (χ4n) is 2.29. The first-order valence-corrected chi connectivity index (χ1v) is 8.56. The first kappa shape index (κ1) is 19.1. The van der Waals surface area contributed by atoms with Crippen LogP contribution in [0.5, 0.6) is 0 Å². The van der Waals surface area contributed by atoms with Crippen molar-refractivity contribution >= 4 is 5.91 Å². The number of hydrogen-bond donors (Lipinski definition) is 1. The van der Waals surface area contributed by atoms with Crippen LogP contribution in [0, 0.1) is 11.7 Å². The molecule has 6 heteroatoms. The van der Waals surface area contributed by atoms with E-state index in [9.17, 15) is 9.18 Å². The number of amides is 1. The Bertz CT molecular complexity index is 680. The highest BCUT2D eigenvalue weighted by molar-refractivity contribution is 5.91. The molecule has 1 aromatic carbocycles. The smallest absolute Gasteiger partial charge is 0.273 e. The number of nitrogens with one attached hydrogen (secondary N) is 1. The highest BCUT2D eigenvalue weighted by atomic mass is 19.1. The van der Waals surface area contributed by atoms with Crippen molar-refractivity contribution in [1.82, 2.24) is 15.2 Å². The molecule has 0 fully saturated rings. The quantitative estimate of drug-likeness (QED) is 0.792. The van der Waals surface area contributed by atoms with Crippen molar-refractivity contribution < 1.29 is 13.6 Å². The number of carbonyl (C=O) groups is 1. The van der Waals surface area contributed by atoms with Crippen molar-refractivity contribution in [2.45, 2.75) is 46.8 Å². The predicted octanol–water partition coefficient (Wildman–Crippen LogP) is 3.61. The number of rotatable bonds is 8. The van der Waals surface area contributed by atoms with Gasteiger partial charge in [-0.2, -0.15) is 0 Å². The van der Waals surface area contributed by atoms with Crippen LogP contribution in [0.25, 0.3) is 0 Å². The summed E-state index contributed by atoms with van der Waals surface area (Å²) < 4.78 is 18.5. The third-order valence-electron chi connectivity index (χ3n) is 3.82. The van der Waals surface area contributed by atoms with Crippen LogP contribution < -0.4 is 5.32 Å². The van der Waals surface area contributed by atoms with E-state index in [1.54, 1.807) is 12.1 Å². The molecule has 5 nitrogen and oxygen atoms in total. The molecule has 25 heavy (non-hydrogen) atoms. The molecule has 0 bridgehead atoms. The second-order valence-corrected chi connectivity index (χ2v) is 6.86. The largest absolute Gasteiger partial charge is 0.447 e. The summed E-state index contributed by atoms with van der Waals surface area (Å²) in [7, 11) is 0. The molecule has 136 valence electrons. The zero-order chi connectivity index (χ0) is 18.4. The lowest BCUT2D eigenvalue weighted by Gasteiger charge is -2.25. The number of benzene rings is 1. The monoisotopic (exact) mass is 347 g/mol. The van der Waals surface area contributed by atoms with Crippen LogP contribution in [-0.2, 0) is 13.1 Å². The molecule has 1 heterocycles. The maximum atomic E-state index is 13.0. The molecule has 0 aliphatic heterocycles. The molecule has 2 aromatic rings. The topological polar surface area (TPSA) is 58.4 Å². The van der Waals surface area contributed by atoms with E-state index < -0.39 is 0 Å². The average molecular weight is 347 g/mol. The van der Waals surface area contributed by atoms with Gasteiger partial charge in [-0.05, 0) is 37.5 Å². The number of oxazole rings is 1. The minimum atomic E-state index is -0.246. The molecule has 0 unspecified atom stereocenters. The van der Waals surface area contributed by atoms with Gasteiger partial charge in [0.2, 0.25) is 5.89 Å². The molecule has 0 radical (unpaired) electrons. The van der Waals surface area contributed by atoms with E-state index in [1.165, 1.54) is 18.4 Å². The minimum Gasteiger partial charge on any atom is -0.447 e. The Hall–Kier alpha value is -2.21. The van der Waals surface area contributed by atoms with Gasteiger partial charge in [-0.15, -0.1) is 0 Å². The Morgan fingerprint density at radius 2 is 1.88 bits per heavy atom. The van der Waals surface area contributed by atoms with Gasteiger partial charge in [0.05, 0.1) is 6.54 Å². The summed E-state index contributed by atoms with van der Waals surface area (Å²) in [6.45, 7) is 9.94. The van der Waals surface area contributed by atoms with Gasteiger partial charge in [-0.3, -0.25) is 9.69 Å². The van der Waals surface area contributed by atoms with Crippen molar-refractivity contribution in [3.8, 4) is 0 Å². The third-order valence-corrected chi connectivity index (χ3v) is 3.82. The number of hydrogen-bond acceptors (Lipinski definition) is 4. The van der Waals surface area contributed by atoms with Gasteiger partial charge in [0.1, 0.15) is 12.1 Å². The van der Waals surface area contributed by atoms with Crippen molar-refractivity contribution in [2.24, 2.45) is 5.92 Å². The molecule has 1 N–H and O–H groups in total. The molecule has 2 rings (SSSR count). The molecule has 0 aliphatic rings. The zero-order valence-corrected chi connectivity index (χ0v) is 15.3. The van der Waals surface area contributed by atoms with Gasteiger partial charge < -0.3 is 9.73 Å². The maximum Gasteiger partial charge on any atom is 0.273 e. The van der Waals surface area contributed by atoms with E-state index in [4.69, 9.17) is 4.42 Å². The zero-order valence-electron chi connectivity index (χ0n) is 15.3. The number of halogens is 1. The van der Waals surface area contributed by atoms with Crippen LogP contribution >= 0.6 is 0 Å².